The Kier molecular flexibility index (Phi) is 12.4. The SMILES string of the molecule is CC1(C)O[C@@H]2[C@@H](O1)C(c1ccccc1)(c1ccccc1)OP(OCc1cccc(CC(C3=N[C@@H](c4ccccc4)CO3)C3=N[C@@H](c4ccccc4)CO3)c1)OC2(c1ccccc1)c1ccccc1. The lowest BCUT2D eigenvalue weighted by atomic mass is 9.72. The predicted molar refractivity (Wildman–Crippen MR) is 264 cm³/mol. The molecule has 0 N–H and O–H groups in total. The van der Waals surface area contributed by atoms with Crippen LogP contribution in [-0.2, 0) is 56.7 Å². The van der Waals surface area contributed by atoms with Crippen molar-refractivity contribution in [1.82, 2.24) is 0 Å². The summed E-state index contributed by atoms with van der Waals surface area (Å²) in [6.45, 7) is 5.02. The van der Waals surface area contributed by atoms with Gasteiger partial charge in [-0.05, 0) is 64.8 Å². The van der Waals surface area contributed by atoms with Gasteiger partial charge < -0.3 is 23.5 Å². The first-order chi connectivity index (χ1) is 33.4. The van der Waals surface area contributed by atoms with Crippen LogP contribution in [0.1, 0.15) is 70.4 Å². The minimum atomic E-state index is -2.18. The number of rotatable bonds is 13. The van der Waals surface area contributed by atoms with Crippen LogP contribution in [0.25, 0.3) is 0 Å². The Balaban J connectivity index is 0.968. The molecule has 7 aromatic carbocycles. The van der Waals surface area contributed by atoms with Crippen molar-refractivity contribution in [1.29, 1.82) is 0 Å². The summed E-state index contributed by atoms with van der Waals surface area (Å²) in [5.41, 5.74) is 5.33. The summed E-state index contributed by atoms with van der Waals surface area (Å²) in [4.78, 5) is 10.3. The molecule has 0 unspecified atom stereocenters. The van der Waals surface area contributed by atoms with Crippen molar-refractivity contribution >= 4 is 20.4 Å². The third-order valence-electron chi connectivity index (χ3n) is 13.2. The average Bonchev–Trinajstić information content (AvgIpc) is 4.16. The highest BCUT2D eigenvalue weighted by molar-refractivity contribution is 7.41. The van der Waals surface area contributed by atoms with E-state index in [0.717, 1.165) is 44.5 Å². The standard InChI is InChI=1S/C58H53N2O7P/c1-56(2)64-52-53(65-56)58(47-32-17-7-18-33-47,48-34-19-8-20-35-48)67-68(66-57(52,45-28-13-5-14-29-45)46-30-15-6-16-31-46)63-38-42-23-21-22-41(36-42)37-49(54-59-50(39-61-54)43-24-9-3-10-25-43)55-60-51(40-62-55)44-26-11-4-12-27-44/h3-36,49-53H,37-40H2,1-2H3/t50-,51-,52-,53-/m1/s1. The van der Waals surface area contributed by atoms with Gasteiger partial charge in [0.15, 0.2) is 28.8 Å². The van der Waals surface area contributed by atoms with Crippen molar-refractivity contribution in [3.63, 3.8) is 0 Å². The normalized spacial score (nSPS) is 22.6. The van der Waals surface area contributed by atoms with Gasteiger partial charge in [-0.25, -0.2) is 9.98 Å². The maximum absolute atomic E-state index is 7.57. The van der Waals surface area contributed by atoms with Gasteiger partial charge >= 0.3 is 8.60 Å². The second-order valence-electron chi connectivity index (χ2n) is 18.1. The van der Waals surface area contributed by atoms with Gasteiger partial charge in [-0.15, -0.1) is 0 Å². The highest BCUT2D eigenvalue weighted by atomic mass is 31.2. The van der Waals surface area contributed by atoms with Gasteiger partial charge in [0.25, 0.3) is 0 Å². The summed E-state index contributed by atoms with van der Waals surface area (Å²) in [6.07, 6.45) is -0.854. The third kappa shape index (κ3) is 8.60. The highest BCUT2D eigenvalue weighted by Crippen LogP contribution is 2.65. The minimum absolute atomic E-state index is 0.110. The van der Waals surface area contributed by atoms with Crippen LogP contribution >= 0.6 is 8.60 Å². The first-order valence-corrected chi connectivity index (χ1v) is 24.5. The van der Waals surface area contributed by atoms with Crippen LogP contribution in [0.4, 0.5) is 0 Å². The van der Waals surface area contributed by atoms with Crippen LogP contribution < -0.4 is 0 Å². The lowest BCUT2D eigenvalue weighted by Gasteiger charge is -2.41. The van der Waals surface area contributed by atoms with Crippen LogP contribution in [0.2, 0.25) is 0 Å². The molecule has 4 aliphatic rings. The first kappa shape index (κ1) is 44.2. The molecule has 0 aliphatic carbocycles. The summed E-state index contributed by atoms with van der Waals surface area (Å²) in [7, 11) is -2.18. The van der Waals surface area contributed by atoms with Crippen LogP contribution in [0.3, 0.4) is 0 Å². The van der Waals surface area contributed by atoms with E-state index >= 15 is 0 Å². The molecule has 9 nitrogen and oxygen atoms in total. The number of nitrogens with zero attached hydrogens (tertiary/aromatic N) is 2. The molecule has 2 saturated heterocycles. The van der Waals surface area contributed by atoms with E-state index in [1.165, 1.54) is 0 Å². The van der Waals surface area contributed by atoms with E-state index in [-0.39, 0.29) is 24.6 Å². The molecule has 68 heavy (non-hydrogen) atoms. The van der Waals surface area contributed by atoms with Crippen molar-refractivity contribution in [2.24, 2.45) is 15.9 Å². The first-order valence-electron chi connectivity index (χ1n) is 23.4. The molecular weight excluding hydrogens is 868 g/mol. The van der Waals surface area contributed by atoms with Crippen molar-refractivity contribution in [3.8, 4) is 0 Å². The number of aliphatic imine (C=N–C) groups is 2. The fourth-order valence-electron chi connectivity index (χ4n) is 10.1. The fraction of sp³-hybridized carbons (Fsp3) is 0.241. The van der Waals surface area contributed by atoms with E-state index in [1.807, 2.05) is 123 Å². The molecule has 4 aliphatic heterocycles. The van der Waals surface area contributed by atoms with Gasteiger partial charge in [-0.2, -0.15) is 0 Å². The Hall–Kier alpha value is -6.29. The molecule has 4 heterocycles. The van der Waals surface area contributed by atoms with E-state index in [4.69, 9.17) is 42.5 Å². The monoisotopic (exact) mass is 920 g/mol. The lowest BCUT2D eigenvalue weighted by molar-refractivity contribution is -0.176. The fourth-order valence-corrected chi connectivity index (χ4v) is 11.6. The van der Waals surface area contributed by atoms with E-state index in [1.54, 1.807) is 0 Å². The maximum Gasteiger partial charge on any atom is 0.335 e. The largest absolute Gasteiger partial charge is 0.478 e. The quantitative estimate of drug-likeness (QED) is 0.106. The summed E-state index contributed by atoms with van der Waals surface area (Å²) in [6, 6.07) is 69.8. The van der Waals surface area contributed by atoms with Crippen LogP contribution in [0.15, 0.2) is 216 Å². The summed E-state index contributed by atoms with van der Waals surface area (Å²) in [5.74, 6) is -0.0673. The number of hydrogen-bond donors (Lipinski definition) is 0. The van der Waals surface area contributed by atoms with E-state index in [9.17, 15) is 0 Å². The van der Waals surface area contributed by atoms with Gasteiger partial charge in [-0.3, -0.25) is 9.05 Å². The van der Waals surface area contributed by atoms with Crippen LogP contribution in [0, 0.1) is 5.92 Å². The molecule has 0 aromatic heterocycles. The highest BCUT2D eigenvalue weighted by Gasteiger charge is 2.67. The van der Waals surface area contributed by atoms with Gasteiger partial charge in [0.1, 0.15) is 43.4 Å². The number of fused-ring (bicyclic) bond motifs is 1. The molecule has 0 radical (unpaired) electrons. The van der Waals surface area contributed by atoms with E-state index < -0.39 is 37.8 Å². The molecule has 4 atom stereocenters. The zero-order valence-electron chi connectivity index (χ0n) is 38.0. The third-order valence-corrected chi connectivity index (χ3v) is 14.4. The van der Waals surface area contributed by atoms with Gasteiger partial charge in [0.05, 0.1) is 6.61 Å². The van der Waals surface area contributed by atoms with Crippen LogP contribution in [-0.4, -0.2) is 43.0 Å². The Morgan fingerprint density at radius 2 is 0.882 bits per heavy atom. The van der Waals surface area contributed by atoms with Crippen molar-refractivity contribution in [3.05, 3.63) is 251 Å². The second kappa shape index (κ2) is 19.0. The van der Waals surface area contributed by atoms with Gasteiger partial charge in [0, 0.05) is 0 Å². The van der Waals surface area contributed by atoms with Crippen molar-refractivity contribution in [2.45, 2.75) is 68.2 Å². The Bertz CT molecular complexity index is 2600. The Labute approximate surface area is 399 Å². The molecule has 0 amide bonds. The molecule has 0 bridgehead atoms. The molecule has 342 valence electrons. The molecular formula is C58H53N2O7P. The van der Waals surface area contributed by atoms with E-state index in [2.05, 4.69) is 97.1 Å². The molecule has 11 rings (SSSR count). The topological polar surface area (TPSA) is 89.3 Å². The second-order valence-corrected chi connectivity index (χ2v) is 19.1. The zero-order valence-corrected chi connectivity index (χ0v) is 38.9. The number of hydrogen-bond acceptors (Lipinski definition) is 9. The molecule has 7 aromatic rings. The number of ether oxygens (including phenoxy) is 4. The Morgan fingerprint density at radius 1 is 0.500 bits per heavy atom. The Morgan fingerprint density at radius 3 is 1.29 bits per heavy atom. The maximum atomic E-state index is 7.57. The molecule has 0 saturated carbocycles. The number of benzene rings is 7. The predicted octanol–water partition coefficient (Wildman–Crippen LogP) is 12.4. The minimum Gasteiger partial charge on any atom is -0.478 e. The molecule has 2 fully saturated rings. The average molecular weight is 921 g/mol. The van der Waals surface area contributed by atoms with Gasteiger partial charge in [0.2, 0.25) is 0 Å². The zero-order chi connectivity index (χ0) is 46.0. The molecule has 10 heteroatoms. The van der Waals surface area contributed by atoms with Crippen LogP contribution in [0.5, 0.6) is 0 Å². The molecule has 0 spiro atoms. The van der Waals surface area contributed by atoms with Crippen molar-refractivity contribution < 1.29 is 32.5 Å². The lowest BCUT2D eigenvalue weighted by Crippen LogP contribution is -2.53. The smallest absolute Gasteiger partial charge is 0.335 e. The van der Waals surface area contributed by atoms with Gasteiger partial charge in [-0.1, -0.05) is 206 Å². The summed E-state index contributed by atoms with van der Waals surface area (Å²) >= 11 is 0. The summed E-state index contributed by atoms with van der Waals surface area (Å²) < 4.78 is 49.4. The van der Waals surface area contributed by atoms with Crippen molar-refractivity contribution in [2.75, 3.05) is 13.2 Å². The van der Waals surface area contributed by atoms with E-state index in [0.29, 0.717) is 31.4 Å². The summed E-state index contributed by atoms with van der Waals surface area (Å²) in [5, 5.41) is 0.